The van der Waals surface area contributed by atoms with Crippen LogP contribution in [0.25, 0.3) is 22.0 Å². The molecule has 144 valence electrons. The molecular formula is C22H14Cl3N3O. The van der Waals surface area contributed by atoms with Crippen molar-refractivity contribution >= 4 is 63.1 Å². The molecule has 0 saturated carbocycles. The molecule has 2 amide bonds. The Morgan fingerprint density at radius 3 is 2.45 bits per heavy atom. The summed E-state index contributed by atoms with van der Waals surface area (Å²) in [5.41, 5.74) is 3.60. The lowest BCUT2D eigenvalue weighted by atomic mass is 10.0. The van der Waals surface area contributed by atoms with Gasteiger partial charge in [0.1, 0.15) is 0 Å². The second-order valence-corrected chi connectivity index (χ2v) is 7.52. The highest BCUT2D eigenvalue weighted by molar-refractivity contribution is 6.36. The molecule has 7 heteroatoms. The number of carbonyl (C=O) groups is 1. The third-order valence-corrected chi connectivity index (χ3v) is 5.23. The Kier molecular flexibility index (Phi) is 5.58. The molecule has 0 aliphatic heterocycles. The predicted molar refractivity (Wildman–Crippen MR) is 121 cm³/mol. The van der Waals surface area contributed by atoms with Crippen LogP contribution >= 0.6 is 34.8 Å². The van der Waals surface area contributed by atoms with Crippen molar-refractivity contribution in [2.75, 3.05) is 10.6 Å². The van der Waals surface area contributed by atoms with Crippen LogP contribution in [0.2, 0.25) is 15.1 Å². The molecule has 0 bridgehead atoms. The van der Waals surface area contributed by atoms with Gasteiger partial charge in [-0.05, 0) is 54.1 Å². The molecule has 4 rings (SSSR count). The number of anilines is 2. The number of pyridine rings is 1. The number of nitrogens with one attached hydrogen (secondary N) is 2. The molecule has 0 spiro atoms. The van der Waals surface area contributed by atoms with Crippen LogP contribution in [0.5, 0.6) is 0 Å². The maximum absolute atomic E-state index is 12.4. The Labute approximate surface area is 182 Å². The van der Waals surface area contributed by atoms with Crippen molar-refractivity contribution in [2.24, 2.45) is 0 Å². The van der Waals surface area contributed by atoms with E-state index in [1.54, 1.807) is 36.5 Å². The first kappa shape index (κ1) is 19.5. The van der Waals surface area contributed by atoms with Gasteiger partial charge in [-0.1, -0.05) is 53.0 Å². The molecule has 0 saturated heterocycles. The molecule has 0 atom stereocenters. The average Bonchev–Trinajstić information content (AvgIpc) is 2.72. The number of urea groups is 1. The van der Waals surface area contributed by atoms with E-state index in [0.29, 0.717) is 26.4 Å². The second kappa shape index (κ2) is 8.29. The highest BCUT2D eigenvalue weighted by atomic mass is 35.5. The third kappa shape index (κ3) is 4.30. The largest absolute Gasteiger partial charge is 0.323 e. The van der Waals surface area contributed by atoms with Gasteiger partial charge in [0.2, 0.25) is 0 Å². The molecule has 0 fully saturated rings. The summed E-state index contributed by atoms with van der Waals surface area (Å²) in [6.45, 7) is 0. The van der Waals surface area contributed by atoms with Crippen molar-refractivity contribution in [1.29, 1.82) is 0 Å². The first-order valence-electron chi connectivity index (χ1n) is 8.68. The van der Waals surface area contributed by atoms with Crippen molar-refractivity contribution in [3.05, 3.63) is 88.0 Å². The standard InChI is InChI=1S/C22H14Cl3N3O/c23-13-5-7-19(25)21(11-13)28-22(29)27-14-6-8-18(24)17(12-14)15-9-10-26-20-4-2-1-3-16(15)20/h1-12H,(H2,27,28,29). The zero-order valence-electron chi connectivity index (χ0n) is 14.9. The Morgan fingerprint density at radius 2 is 1.59 bits per heavy atom. The molecule has 4 aromatic rings. The fraction of sp³-hybridized carbons (Fsp3) is 0. The number of benzene rings is 3. The number of aromatic nitrogens is 1. The van der Waals surface area contributed by atoms with Crippen molar-refractivity contribution in [3.63, 3.8) is 0 Å². The van der Waals surface area contributed by atoms with E-state index in [1.807, 2.05) is 36.4 Å². The zero-order valence-corrected chi connectivity index (χ0v) is 17.2. The van der Waals surface area contributed by atoms with Gasteiger partial charge in [-0.3, -0.25) is 4.98 Å². The quantitative estimate of drug-likeness (QED) is 0.345. The SMILES string of the molecule is O=C(Nc1ccc(Cl)c(-c2ccnc3ccccc23)c1)Nc1cc(Cl)ccc1Cl. The minimum atomic E-state index is -0.443. The first-order valence-corrected chi connectivity index (χ1v) is 9.81. The molecule has 0 radical (unpaired) electrons. The summed E-state index contributed by atoms with van der Waals surface area (Å²) in [7, 11) is 0. The maximum atomic E-state index is 12.4. The zero-order chi connectivity index (χ0) is 20.4. The van der Waals surface area contributed by atoms with E-state index in [9.17, 15) is 4.79 Å². The summed E-state index contributed by atoms with van der Waals surface area (Å²) < 4.78 is 0. The van der Waals surface area contributed by atoms with Crippen LogP contribution in [-0.2, 0) is 0 Å². The molecule has 2 N–H and O–H groups in total. The van der Waals surface area contributed by atoms with Crippen LogP contribution in [0, 0.1) is 0 Å². The summed E-state index contributed by atoms with van der Waals surface area (Å²) in [5, 5.41) is 7.91. The van der Waals surface area contributed by atoms with E-state index in [0.717, 1.165) is 22.0 Å². The Hall–Kier alpha value is -2.79. The van der Waals surface area contributed by atoms with E-state index >= 15 is 0 Å². The monoisotopic (exact) mass is 441 g/mol. The number of para-hydroxylation sites is 1. The number of nitrogens with zero attached hydrogens (tertiary/aromatic N) is 1. The van der Waals surface area contributed by atoms with Gasteiger partial charge in [-0.25, -0.2) is 4.79 Å². The molecule has 1 aromatic heterocycles. The Bertz CT molecular complexity index is 1220. The van der Waals surface area contributed by atoms with Crippen LogP contribution in [0.15, 0.2) is 72.9 Å². The molecule has 0 aliphatic rings. The van der Waals surface area contributed by atoms with Gasteiger partial charge >= 0.3 is 6.03 Å². The van der Waals surface area contributed by atoms with Crippen molar-refractivity contribution in [1.82, 2.24) is 4.98 Å². The predicted octanol–water partition coefficient (Wildman–Crippen LogP) is 7.51. The molecular weight excluding hydrogens is 429 g/mol. The fourth-order valence-electron chi connectivity index (χ4n) is 3.02. The lowest BCUT2D eigenvalue weighted by Crippen LogP contribution is -2.19. The molecule has 4 nitrogen and oxygen atoms in total. The lowest BCUT2D eigenvalue weighted by molar-refractivity contribution is 0.262. The van der Waals surface area contributed by atoms with E-state index < -0.39 is 6.03 Å². The van der Waals surface area contributed by atoms with Gasteiger partial charge in [0, 0.05) is 32.9 Å². The van der Waals surface area contributed by atoms with E-state index in [2.05, 4.69) is 15.6 Å². The number of rotatable bonds is 3. The Balaban J connectivity index is 1.63. The highest BCUT2D eigenvalue weighted by Crippen LogP contribution is 2.34. The van der Waals surface area contributed by atoms with E-state index in [-0.39, 0.29) is 0 Å². The van der Waals surface area contributed by atoms with E-state index in [1.165, 1.54) is 0 Å². The van der Waals surface area contributed by atoms with Gasteiger partial charge in [0.15, 0.2) is 0 Å². The third-order valence-electron chi connectivity index (χ3n) is 4.34. The lowest BCUT2D eigenvalue weighted by Gasteiger charge is -2.13. The van der Waals surface area contributed by atoms with Crippen LogP contribution in [0.1, 0.15) is 0 Å². The topological polar surface area (TPSA) is 54.0 Å². The second-order valence-electron chi connectivity index (χ2n) is 6.27. The summed E-state index contributed by atoms with van der Waals surface area (Å²) in [4.78, 5) is 16.8. The maximum Gasteiger partial charge on any atom is 0.323 e. The minimum Gasteiger partial charge on any atom is -0.308 e. The van der Waals surface area contributed by atoms with Gasteiger partial charge in [-0.2, -0.15) is 0 Å². The van der Waals surface area contributed by atoms with Gasteiger partial charge < -0.3 is 10.6 Å². The smallest absolute Gasteiger partial charge is 0.308 e. The minimum absolute atomic E-state index is 0.393. The summed E-state index contributed by atoms with van der Waals surface area (Å²) in [6.07, 6.45) is 1.74. The van der Waals surface area contributed by atoms with Crippen LogP contribution in [0.3, 0.4) is 0 Å². The van der Waals surface area contributed by atoms with Gasteiger partial charge in [-0.15, -0.1) is 0 Å². The van der Waals surface area contributed by atoms with Crippen LogP contribution < -0.4 is 10.6 Å². The van der Waals surface area contributed by atoms with Crippen molar-refractivity contribution < 1.29 is 4.79 Å². The van der Waals surface area contributed by atoms with Crippen LogP contribution in [0.4, 0.5) is 16.2 Å². The number of hydrogen-bond acceptors (Lipinski definition) is 2. The first-order chi connectivity index (χ1) is 14.0. The summed E-state index contributed by atoms with van der Waals surface area (Å²) in [6, 6.07) is 19.4. The molecule has 0 aliphatic carbocycles. The van der Waals surface area contributed by atoms with Gasteiger partial charge in [0.25, 0.3) is 0 Å². The van der Waals surface area contributed by atoms with Crippen LogP contribution in [-0.4, -0.2) is 11.0 Å². The number of hydrogen-bond donors (Lipinski definition) is 2. The summed E-state index contributed by atoms with van der Waals surface area (Å²) >= 11 is 18.5. The Morgan fingerprint density at radius 1 is 0.793 bits per heavy atom. The molecule has 3 aromatic carbocycles. The number of fused-ring (bicyclic) bond motifs is 1. The average molecular weight is 443 g/mol. The van der Waals surface area contributed by atoms with E-state index in [4.69, 9.17) is 34.8 Å². The van der Waals surface area contributed by atoms with Crippen molar-refractivity contribution in [2.45, 2.75) is 0 Å². The van der Waals surface area contributed by atoms with Crippen molar-refractivity contribution in [3.8, 4) is 11.1 Å². The molecule has 0 unspecified atom stereocenters. The fourth-order valence-corrected chi connectivity index (χ4v) is 3.57. The summed E-state index contributed by atoms with van der Waals surface area (Å²) in [5.74, 6) is 0. The highest BCUT2D eigenvalue weighted by Gasteiger charge is 2.11. The molecule has 1 heterocycles. The number of amides is 2. The normalized spacial score (nSPS) is 10.7. The van der Waals surface area contributed by atoms with Gasteiger partial charge in [0.05, 0.1) is 16.2 Å². The molecule has 29 heavy (non-hydrogen) atoms. The number of carbonyl (C=O) groups excluding carboxylic acids is 1. The number of halogens is 3.